The average Bonchev–Trinajstić information content (AvgIpc) is 2.53. The molecule has 1 atom stereocenters. The fourth-order valence-corrected chi connectivity index (χ4v) is 1.16. The molecule has 1 heterocycles. The van der Waals surface area contributed by atoms with Crippen molar-refractivity contribution in [2.75, 3.05) is 7.11 Å². The Labute approximate surface area is 75.6 Å². The molecule has 1 aliphatic heterocycles. The molecule has 1 fully saturated rings. The summed E-state index contributed by atoms with van der Waals surface area (Å²) in [6.45, 7) is 0. The van der Waals surface area contributed by atoms with Gasteiger partial charge in [-0.15, -0.1) is 0 Å². The van der Waals surface area contributed by atoms with Gasteiger partial charge in [0, 0.05) is 5.70 Å². The van der Waals surface area contributed by atoms with E-state index in [0.29, 0.717) is 18.5 Å². The molecule has 13 heavy (non-hydrogen) atoms. The Kier molecular flexibility index (Phi) is 2.88. The van der Waals surface area contributed by atoms with Crippen molar-refractivity contribution in [1.29, 1.82) is 5.26 Å². The van der Waals surface area contributed by atoms with Crippen molar-refractivity contribution in [3.63, 3.8) is 0 Å². The predicted octanol–water partition coefficient (Wildman–Crippen LogP) is -0.361. The van der Waals surface area contributed by atoms with Gasteiger partial charge in [0.05, 0.1) is 7.11 Å². The van der Waals surface area contributed by atoms with Gasteiger partial charge in [-0.1, -0.05) is 0 Å². The normalized spacial score (nSPS) is 24.5. The number of nitrogens with one attached hydrogen (secondary N) is 1. The monoisotopic (exact) mass is 182 g/mol. The van der Waals surface area contributed by atoms with Gasteiger partial charge in [0.25, 0.3) is 0 Å². The fourth-order valence-electron chi connectivity index (χ4n) is 1.16. The minimum atomic E-state index is -0.668. The van der Waals surface area contributed by atoms with Crippen LogP contribution in [0.4, 0.5) is 0 Å². The van der Waals surface area contributed by atoms with Crippen molar-refractivity contribution >= 4 is 5.97 Å². The minimum absolute atomic E-state index is 0.0564. The van der Waals surface area contributed by atoms with E-state index in [4.69, 9.17) is 10.4 Å². The van der Waals surface area contributed by atoms with Crippen LogP contribution in [0.15, 0.2) is 11.3 Å². The molecule has 0 radical (unpaired) electrons. The zero-order chi connectivity index (χ0) is 9.84. The summed E-state index contributed by atoms with van der Waals surface area (Å²) in [6, 6.07) is 1.75. The number of esters is 1. The summed E-state index contributed by atoms with van der Waals surface area (Å²) in [5.41, 5.74) is 0.404. The van der Waals surface area contributed by atoms with Gasteiger partial charge in [-0.3, -0.25) is 0 Å². The number of hydrogen-bond donors (Lipinski definition) is 2. The molecule has 2 N–H and O–H groups in total. The second-order valence-electron chi connectivity index (χ2n) is 2.66. The molecule has 1 rings (SSSR count). The molecular formula is C8H10N2O3. The summed E-state index contributed by atoms with van der Waals surface area (Å²) in [4.78, 5) is 11.0. The van der Waals surface area contributed by atoms with E-state index in [9.17, 15) is 4.79 Å². The highest BCUT2D eigenvalue weighted by atomic mass is 16.5. The Bertz CT molecular complexity index is 290. The highest BCUT2D eigenvalue weighted by Crippen LogP contribution is 2.17. The minimum Gasteiger partial charge on any atom is -0.465 e. The number of aliphatic hydroxyl groups excluding tert-OH is 1. The van der Waals surface area contributed by atoms with Crippen LogP contribution in [0.25, 0.3) is 0 Å². The van der Waals surface area contributed by atoms with E-state index in [-0.39, 0.29) is 5.57 Å². The SMILES string of the molecule is COC(=O)/C(C#N)=C1\CC[C@@H](O)N1. The Morgan fingerprint density at radius 3 is 2.92 bits per heavy atom. The van der Waals surface area contributed by atoms with Gasteiger partial charge in [0.15, 0.2) is 5.57 Å². The number of ether oxygens (including phenoxy) is 1. The first-order chi connectivity index (χ1) is 6.19. The number of rotatable bonds is 1. The van der Waals surface area contributed by atoms with Crippen LogP contribution in [-0.2, 0) is 9.53 Å². The molecule has 0 aromatic heterocycles. The van der Waals surface area contributed by atoms with E-state index in [1.165, 1.54) is 7.11 Å². The number of allylic oxidation sites excluding steroid dienone is 1. The number of carbonyl (C=O) groups is 1. The summed E-state index contributed by atoms with van der Waals surface area (Å²) >= 11 is 0. The topological polar surface area (TPSA) is 82.4 Å². The first kappa shape index (κ1) is 9.55. The third kappa shape index (κ3) is 1.98. The molecule has 0 spiro atoms. The summed E-state index contributed by atoms with van der Waals surface area (Å²) in [6.07, 6.45) is 0.347. The molecule has 0 saturated carbocycles. The van der Waals surface area contributed by atoms with Crippen LogP contribution in [0.3, 0.4) is 0 Å². The van der Waals surface area contributed by atoms with E-state index in [1.807, 2.05) is 0 Å². The summed E-state index contributed by atoms with van der Waals surface area (Å²) in [7, 11) is 1.21. The largest absolute Gasteiger partial charge is 0.465 e. The molecular weight excluding hydrogens is 172 g/mol. The standard InChI is InChI=1S/C8H10N2O3/c1-13-8(12)5(4-9)6-2-3-7(11)10-6/h7,10-11H,2-3H2,1H3/b6-5+/t7-/m1/s1. The van der Waals surface area contributed by atoms with Gasteiger partial charge >= 0.3 is 5.97 Å². The number of methoxy groups -OCH3 is 1. The lowest BCUT2D eigenvalue weighted by Crippen LogP contribution is -2.21. The molecule has 1 saturated heterocycles. The van der Waals surface area contributed by atoms with Gasteiger partial charge in [-0.2, -0.15) is 5.26 Å². The van der Waals surface area contributed by atoms with Crippen LogP contribution in [-0.4, -0.2) is 24.4 Å². The van der Waals surface area contributed by atoms with Crippen molar-refractivity contribution in [3.05, 3.63) is 11.3 Å². The highest BCUT2D eigenvalue weighted by Gasteiger charge is 2.22. The lowest BCUT2D eigenvalue weighted by Gasteiger charge is -2.04. The first-order valence-corrected chi connectivity index (χ1v) is 3.85. The molecule has 0 aliphatic carbocycles. The zero-order valence-corrected chi connectivity index (χ0v) is 7.20. The maximum atomic E-state index is 11.0. The Hall–Kier alpha value is -1.54. The average molecular weight is 182 g/mol. The lowest BCUT2D eigenvalue weighted by molar-refractivity contribution is -0.135. The van der Waals surface area contributed by atoms with Crippen LogP contribution >= 0.6 is 0 Å². The fraction of sp³-hybridized carbons (Fsp3) is 0.500. The van der Waals surface area contributed by atoms with Crippen LogP contribution in [0.1, 0.15) is 12.8 Å². The molecule has 0 unspecified atom stereocenters. The van der Waals surface area contributed by atoms with Crippen LogP contribution < -0.4 is 5.32 Å². The summed E-state index contributed by atoms with van der Waals surface area (Å²) < 4.78 is 4.41. The van der Waals surface area contributed by atoms with E-state index >= 15 is 0 Å². The number of nitrogens with zero attached hydrogens (tertiary/aromatic N) is 1. The third-order valence-electron chi connectivity index (χ3n) is 1.81. The third-order valence-corrected chi connectivity index (χ3v) is 1.81. The molecule has 5 heteroatoms. The number of aliphatic hydroxyl groups is 1. The van der Waals surface area contributed by atoms with E-state index < -0.39 is 12.2 Å². The van der Waals surface area contributed by atoms with Gasteiger partial charge < -0.3 is 15.2 Å². The highest BCUT2D eigenvalue weighted by molar-refractivity contribution is 5.93. The van der Waals surface area contributed by atoms with Gasteiger partial charge in [0.1, 0.15) is 12.3 Å². The van der Waals surface area contributed by atoms with Crippen molar-refractivity contribution in [3.8, 4) is 6.07 Å². The zero-order valence-electron chi connectivity index (χ0n) is 7.20. The Morgan fingerprint density at radius 2 is 2.54 bits per heavy atom. The molecule has 70 valence electrons. The van der Waals surface area contributed by atoms with Crippen LogP contribution in [0.5, 0.6) is 0 Å². The van der Waals surface area contributed by atoms with Gasteiger partial charge in [-0.05, 0) is 12.8 Å². The van der Waals surface area contributed by atoms with Crippen LogP contribution in [0.2, 0.25) is 0 Å². The molecule has 0 amide bonds. The molecule has 0 aromatic rings. The van der Waals surface area contributed by atoms with E-state index in [0.717, 1.165) is 0 Å². The lowest BCUT2D eigenvalue weighted by atomic mass is 10.2. The van der Waals surface area contributed by atoms with Crippen molar-refractivity contribution in [2.24, 2.45) is 0 Å². The second kappa shape index (κ2) is 3.92. The maximum Gasteiger partial charge on any atom is 0.350 e. The first-order valence-electron chi connectivity index (χ1n) is 3.85. The van der Waals surface area contributed by atoms with E-state index in [2.05, 4.69) is 10.1 Å². The van der Waals surface area contributed by atoms with Crippen molar-refractivity contribution in [1.82, 2.24) is 5.32 Å². The predicted molar refractivity (Wildman–Crippen MR) is 43.0 cm³/mol. The molecule has 0 aromatic carbocycles. The van der Waals surface area contributed by atoms with Crippen molar-refractivity contribution < 1.29 is 14.6 Å². The summed E-state index contributed by atoms with van der Waals surface area (Å²) in [5, 5.41) is 20.4. The number of hydrogen-bond acceptors (Lipinski definition) is 5. The van der Waals surface area contributed by atoms with Gasteiger partial charge in [0.2, 0.25) is 0 Å². The maximum absolute atomic E-state index is 11.0. The van der Waals surface area contributed by atoms with Crippen molar-refractivity contribution in [2.45, 2.75) is 19.1 Å². The second-order valence-corrected chi connectivity index (χ2v) is 2.66. The van der Waals surface area contributed by atoms with Crippen LogP contribution in [0, 0.1) is 11.3 Å². The smallest absolute Gasteiger partial charge is 0.350 e. The van der Waals surface area contributed by atoms with Gasteiger partial charge in [-0.25, -0.2) is 4.79 Å². The molecule has 0 bridgehead atoms. The number of nitriles is 1. The Balaban J connectivity index is 2.88. The quantitative estimate of drug-likeness (QED) is 0.328. The van der Waals surface area contributed by atoms with E-state index in [1.54, 1.807) is 6.07 Å². The summed E-state index contributed by atoms with van der Waals surface area (Å²) in [5.74, 6) is -0.668. The molecule has 1 aliphatic rings. The molecule has 5 nitrogen and oxygen atoms in total. The Morgan fingerprint density at radius 1 is 1.85 bits per heavy atom. The number of carbonyl (C=O) groups excluding carboxylic acids is 1.